The molecule has 0 saturated carbocycles. The van der Waals surface area contributed by atoms with Crippen molar-refractivity contribution < 1.29 is 4.79 Å². The van der Waals surface area contributed by atoms with E-state index in [1.54, 1.807) is 31.2 Å². The van der Waals surface area contributed by atoms with Crippen LogP contribution in [0.1, 0.15) is 34.0 Å². The Labute approximate surface area is 119 Å². The van der Waals surface area contributed by atoms with Crippen LogP contribution in [0.5, 0.6) is 0 Å². The molecule has 3 nitrogen and oxygen atoms in total. The lowest BCUT2D eigenvalue weighted by Crippen LogP contribution is -1.89. The zero-order chi connectivity index (χ0) is 14.7. The summed E-state index contributed by atoms with van der Waals surface area (Å²) in [5.41, 5.74) is 5.80. The molecular weight excluding hydrogens is 248 g/mol. The maximum absolute atomic E-state index is 11.2. The van der Waals surface area contributed by atoms with E-state index in [1.807, 2.05) is 13.8 Å². The minimum absolute atomic E-state index is 0.0544. The largest absolute Gasteiger partial charge is 0.295 e. The Hall–Kier alpha value is -2.29. The molecule has 0 heterocycles. The second-order valence-electron chi connectivity index (χ2n) is 5.05. The number of hydrogen-bond acceptors (Lipinski definition) is 3. The third-order valence-corrected chi connectivity index (χ3v) is 3.17. The van der Waals surface area contributed by atoms with Gasteiger partial charge in [0.05, 0.1) is 11.4 Å². The zero-order valence-electron chi connectivity index (χ0n) is 12.3. The van der Waals surface area contributed by atoms with Crippen LogP contribution in [0, 0.1) is 20.8 Å². The first-order valence-electron chi connectivity index (χ1n) is 6.58. The van der Waals surface area contributed by atoms with Gasteiger partial charge >= 0.3 is 0 Å². The van der Waals surface area contributed by atoms with Crippen molar-refractivity contribution in [3.8, 4) is 0 Å². The van der Waals surface area contributed by atoms with Gasteiger partial charge in [-0.15, -0.1) is 0 Å². The molecule has 2 rings (SSSR count). The van der Waals surface area contributed by atoms with E-state index >= 15 is 0 Å². The fourth-order valence-electron chi connectivity index (χ4n) is 2.20. The van der Waals surface area contributed by atoms with E-state index in [0.29, 0.717) is 5.56 Å². The number of azo groups is 1. The van der Waals surface area contributed by atoms with Gasteiger partial charge in [0, 0.05) is 5.56 Å². The lowest BCUT2D eigenvalue weighted by molar-refractivity contribution is 0.101. The number of rotatable bonds is 3. The van der Waals surface area contributed by atoms with Gasteiger partial charge in [-0.3, -0.25) is 4.79 Å². The van der Waals surface area contributed by atoms with Gasteiger partial charge in [0.25, 0.3) is 0 Å². The van der Waals surface area contributed by atoms with Gasteiger partial charge in [0.15, 0.2) is 5.78 Å². The summed E-state index contributed by atoms with van der Waals surface area (Å²) >= 11 is 0. The maximum Gasteiger partial charge on any atom is 0.159 e. The molecule has 0 saturated heterocycles. The smallest absolute Gasteiger partial charge is 0.159 e. The van der Waals surface area contributed by atoms with E-state index in [9.17, 15) is 4.79 Å². The molecule has 2 aromatic rings. The summed E-state index contributed by atoms with van der Waals surface area (Å²) in [6, 6.07) is 11.3. The van der Waals surface area contributed by atoms with Crippen molar-refractivity contribution in [1.82, 2.24) is 0 Å². The third-order valence-electron chi connectivity index (χ3n) is 3.17. The molecule has 3 heteroatoms. The van der Waals surface area contributed by atoms with Crippen LogP contribution in [-0.4, -0.2) is 5.78 Å². The Bertz CT molecular complexity index is 647. The van der Waals surface area contributed by atoms with Crippen LogP contribution in [0.15, 0.2) is 46.6 Å². The van der Waals surface area contributed by atoms with Crippen molar-refractivity contribution in [2.75, 3.05) is 0 Å². The van der Waals surface area contributed by atoms with Gasteiger partial charge in [0.1, 0.15) is 0 Å². The number of carbonyl (C=O) groups is 1. The molecule has 0 amide bonds. The highest BCUT2D eigenvalue weighted by Gasteiger charge is 2.03. The van der Waals surface area contributed by atoms with Gasteiger partial charge < -0.3 is 0 Å². The highest BCUT2D eigenvalue weighted by atomic mass is 16.1. The molecule has 0 aliphatic heterocycles. The third kappa shape index (κ3) is 3.18. The second-order valence-corrected chi connectivity index (χ2v) is 5.05. The Kier molecular flexibility index (Phi) is 4.08. The summed E-state index contributed by atoms with van der Waals surface area (Å²) in [5.74, 6) is 0.0544. The number of Topliss-reactive ketones (excluding diaryl/α,β-unsaturated/α-hetero) is 1. The molecule has 0 fully saturated rings. The highest BCUT2D eigenvalue weighted by molar-refractivity contribution is 5.94. The van der Waals surface area contributed by atoms with Gasteiger partial charge in [-0.05, 0) is 63.1 Å². The second kappa shape index (κ2) is 5.78. The summed E-state index contributed by atoms with van der Waals surface area (Å²) in [4.78, 5) is 11.2. The van der Waals surface area contributed by atoms with Crippen LogP contribution in [0.2, 0.25) is 0 Å². The van der Waals surface area contributed by atoms with Crippen molar-refractivity contribution in [3.05, 3.63) is 58.7 Å². The van der Waals surface area contributed by atoms with E-state index in [2.05, 4.69) is 29.3 Å². The summed E-state index contributed by atoms with van der Waals surface area (Å²) in [7, 11) is 0. The summed E-state index contributed by atoms with van der Waals surface area (Å²) < 4.78 is 0. The fourth-order valence-corrected chi connectivity index (χ4v) is 2.20. The molecule has 0 N–H and O–H groups in total. The van der Waals surface area contributed by atoms with Gasteiger partial charge in [-0.2, -0.15) is 10.2 Å². The highest BCUT2D eigenvalue weighted by Crippen LogP contribution is 2.27. The van der Waals surface area contributed by atoms with Crippen LogP contribution in [0.25, 0.3) is 0 Å². The standard InChI is InChI=1S/C17H18N2O/c1-11-9-12(2)17(13(3)10-11)19-18-16-7-5-15(6-8-16)14(4)20/h5-10H,1-4H3. The molecule has 0 aliphatic rings. The molecule has 0 unspecified atom stereocenters. The molecule has 0 radical (unpaired) electrons. The van der Waals surface area contributed by atoms with Crippen LogP contribution in [-0.2, 0) is 0 Å². The number of nitrogens with zero attached hydrogens (tertiary/aromatic N) is 2. The SMILES string of the molecule is CC(=O)c1ccc(N=Nc2c(C)cc(C)cc2C)cc1. The molecule has 0 bridgehead atoms. The normalized spacial score (nSPS) is 11.0. The van der Waals surface area contributed by atoms with Gasteiger partial charge in [-0.1, -0.05) is 17.7 Å². The molecular formula is C17H18N2O. The number of ketones is 1. The van der Waals surface area contributed by atoms with Crippen molar-refractivity contribution >= 4 is 17.2 Å². The van der Waals surface area contributed by atoms with E-state index < -0.39 is 0 Å². The quantitative estimate of drug-likeness (QED) is 0.554. The fraction of sp³-hybridized carbons (Fsp3) is 0.235. The summed E-state index contributed by atoms with van der Waals surface area (Å²) in [5, 5.41) is 8.57. The predicted molar refractivity (Wildman–Crippen MR) is 81.3 cm³/mol. The van der Waals surface area contributed by atoms with E-state index in [4.69, 9.17) is 0 Å². The number of aryl methyl sites for hydroxylation is 3. The monoisotopic (exact) mass is 266 g/mol. The van der Waals surface area contributed by atoms with Gasteiger partial charge in [-0.25, -0.2) is 0 Å². The summed E-state index contributed by atoms with van der Waals surface area (Å²) in [6.45, 7) is 7.69. The molecule has 20 heavy (non-hydrogen) atoms. The van der Waals surface area contributed by atoms with Crippen molar-refractivity contribution in [2.24, 2.45) is 10.2 Å². The Balaban J connectivity index is 2.27. The van der Waals surface area contributed by atoms with Crippen LogP contribution < -0.4 is 0 Å². The Morgan fingerprint density at radius 1 is 0.900 bits per heavy atom. The lowest BCUT2D eigenvalue weighted by atomic mass is 10.1. The molecule has 0 spiro atoms. The van der Waals surface area contributed by atoms with Crippen LogP contribution in [0.4, 0.5) is 11.4 Å². The number of hydrogen-bond donors (Lipinski definition) is 0. The molecule has 0 aromatic heterocycles. The minimum atomic E-state index is 0.0544. The first-order valence-corrected chi connectivity index (χ1v) is 6.58. The summed E-state index contributed by atoms with van der Waals surface area (Å²) in [6.07, 6.45) is 0. The van der Waals surface area contributed by atoms with Crippen LogP contribution in [0.3, 0.4) is 0 Å². The molecule has 0 atom stereocenters. The molecule has 2 aromatic carbocycles. The Morgan fingerprint density at radius 2 is 1.45 bits per heavy atom. The number of benzene rings is 2. The van der Waals surface area contributed by atoms with E-state index in [1.165, 1.54) is 5.56 Å². The van der Waals surface area contributed by atoms with E-state index in [-0.39, 0.29) is 5.78 Å². The molecule has 0 aliphatic carbocycles. The van der Waals surface area contributed by atoms with Crippen LogP contribution >= 0.6 is 0 Å². The zero-order valence-corrected chi connectivity index (χ0v) is 12.3. The average molecular weight is 266 g/mol. The van der Waals surface area contributed by atoms with Crippen molar-refractivity contribution in [2.45, 2.75) is 27.7 Å². The topological polar surface area (TPSA) is 41.8 Å². The first-order chi connectivity index (χ1) is 9.47. The van der Waals surface area contributed by atoms with Crippen molar-refractivity contribution in [3.63, 3.8) is 0 Å². The van der Waals surface area contributed by atoms with Gasteiger partial charge in [0.2, 0.25) is 0 Å². The van der Waals surface area contributed by atoms with Crippen molar-refractivity contribution in [1.29, 1.82) is 0 Å². The number of carbonyl (C=O) groups excluding carboxylic acids is 1. The minimum Gasteiger partial charge on any atom is -0.295 e. The van der Waals surface area contributed by atoms with E-state index in [0.717, 1.165) is 22.5 Å². The molecule has 102 valence electrons. The maximum atomic E-state index is 11.2. The average Bonchev–Trinajstić information content (AvgIpc) is 2.38. The first kappa shape index (κ1) is 14.1. The lowest BCUT2D eigenvalue weighted by Gasteiger charge is -2.05. The Morgan fingerprint density at radius 3 is 1.95 bits per heavy atom. The predicted octanol–water partition coefficient (Wildman–Crippen LogP) is 5.23.